The van der Waals surface area contributed by atoms with Gasteiger partial charge in [0.15, 0.2) is 29.1 Å². The number of ketones is 2. The first-order valence-electron chi connectivity index (χ1n) is 27.6. The van der Waals surface area contributed by atoms with Crippen molar-refractivity contribution in [3.8, 4) is 16.9 Å². The van der Waals surface area contributed by atoms with E-state index in [-0.39, 0.29) is 67.8 Å². The quantitative estimate of drug-likeness (QED) is 0.0945. The summed E-state index contributed by atoms with van der Waals surface area (Å²) in [6, 6.07) is 21.7. The van der Waals surface area contributed by atoms with Crippen LogP contribution in [-0.4, -0.2) is 119 Å². The third-order valence-corrected chi connectivity index (χ3v) is 18.9. The van der Waals surface area contributed by atoms with Crippen molar-refractivity contribution in [1.82, 2.24) is 16.0 Å². The molecule has 7 aliphatic carbocycles. The highest BCUT2D eigenvalue weighted by molar-refractivity contribution is 6.01. The van der Waals surface area contributed by atoms with Gasteiger partial charge in [-0.25, -0.2) is 13.6 Å². The van der Waals surface area contributed by atoms with Gasteiger partial charge in [-0.2, -0.15) is 0 Å². The summed E-state index contributed by atoms with van der Waals surface area (Å²) in [5.41, 5.74) is -2.92. The van der Waals surface area contributed by atoms with E-state index in [1.807, 2.05) is 48.5 Å². The van der Waals surface area contributed by atoms with Crippen LogP contribution in [0.5, 0.6) is 5.75 Å². The number of allylic oxidation sites excluding steroid dienone is 4. The van der Waals surface area contributed by atoms with Crippen molar-refractivity contribution in [2.45, 2.75) is 158 Å². The Labute approximate surface area is 457 Å². The molecule has 8 aliphatic rings. The molecule has 0 bridgehead atoms. The number of benzene rings is 3. The van der Waals surface area contributed by atoms with Crippen molar-refractivity contribution in [3.63, 3.8) is 0 Å². The van der Waals surface area contributed by atoms with E-state index in [4.69, 9.17) is 23.7 Å². The van der Waals surface area contributed by atoms with Crippen LogP contribution in [-0.2, 0) is 42.9 Å². The first-order chi connectivity index (χ1) is 37.5. The number of hydrogen-bond donors (Lipinski definition) is 5. The number of aliphatic hydroxyl groups excluding tert-OH is 2. The van der Waals surface area contributed by atoms with E-state index in [9.17, 15) is 39.0 Å². The molecule has 1 heterocycles. The average Bonchev–Trinajstić information content (AvgIpc) is 2.08. The first kappa shape index (κ1) is 54.6. The summed E-state index contributed by atoms with van der Waals surface area (Å²) in [4.78, 5) is 78.8. The lowest BCUT2D eigenvalue weighted by atomic mass is 9.44. The zero-order valence-electron chi connectivity index (χ0n) is 45.1. The molecule has 11 atom stereocenters. The minimum absolute atomic E-state index is 0.00209. The number of amides is 3. The monoisotopic (exact) mass is 1090 g/mol. The molecule has 5 N–H and O–H groups in total. The van der Waals surface area contributed by atoms with Gasteiger partial charge < -0.3 is 49.8 Å². The zero-order valence-corrected chi connectivity index (χ0v) is 45.1. The molecule has 420 valence electrons. The van der Waals surface area contributed by atoms with Crippen LogP contribution in [0.2, 0.25) is 0 Å². The Hall–Kier alpha value is -6.34. The number of ether oxygens (including phenoxy) is 5. The van der Waals surface area contributed by atoms with Crippen LogP contribution < -0.4 is 20.7 Å². The van der Waals surface area contributed by atoms with Gasteiger partial charge in [0.05, 0.1) is 18.3 Å². The number of alkyl carbamates (subject to hydrolysis) is 1. The number of fused-ring (bicyclic) bond motifs is 10. The van der Waals surface area contributed by atoms with E-state index in [0.29, 0.717) is 24.2 Å². The second-order valence-corrected chi connectivity index (χ2v) is 24.7. The summed E-state index contributed by atoms with van der Waals surface area (Å²) < 4.78 is 64.4. The second kappa shape index (κ2) is 20.0. The van der Waals surface area contributed by atoms with E-state index in [0.717, 1.165) is 41.2 Å². The Kier molecular flexibility index (Phi) is 13.8. The normalized spacial score (nSPS) is 34.9. The highest BCUT2D eigenvalue weighted by Crippen LogP contribution is 2.73. The molecule has 1 spiro atoms. The second-order valence-electron chi connectivity index (χ2n) is 24.7. The van der Waals surface area contributed by atoms with E-state index in [1.54, 1.807) is 52.0 Å². The summed E-state index contributed by atoms with van der Waals surface area (Å²) >= 11 is 0. The van der Waals surface area contributed by atoms with Gasteiger partial charge in [0.25, 0.3) is 0 Å². The molecule has 11 rings (SSSR count). The molecule has 0 unspecified atom stereocenters. The van der Waals surface area contributed by atoms with Crippen LogP contribution in [0.4, 0.5) is 13.6 Å². The van der Waals surface area contributed by atoms with Crippen LogP contribution in [0.15, 0.2) is 96.6 Å². The summed E-state index contributed by atoms with van der Waals surface area (Å²) in [5, 5.41) is 30.5. The maximum atomic E-state index is 17.8. The Morgan fingerprint density at radius 1 is 0.886 bits per heavy atom. The molecule has 1 aliphatic heterocycles. The molecular weight excluding hydrogens is 1020 g/mol. The van der Waals surface area contributed by atoms with Crippen molar-refractivity contribution >= 4 is 35.4 Å². The Morgan fingerprint density at radius 2 is 1.56 bits per heavy atom. The number of carbonyl (C=O) groups excluding carboxylic acids is 6. The van der Waals surface area contributed by atoms with Gasteiger partial charge in [-0.3, -0.25) is 24.0 Å². The lowest BCUT2D eigenvalue weighted by Gasteiger charge is -2.63. The van der Waals surface area contributed by atoms with Crippen LogP contribution in [0.25, 0.3) is 11.1 Å². The molecule has 3 amide bonds. The summed E-state index contributed by atoms with van der Waals surface area (Å²) in [5.74, 6) is -4.02. The fourth-order valence-corrected chi connectivity index (χ4v) is 15.3. The van der Waals surface area contributed by atoms with Crippen molar-refractivity contribution in [1.29, 1.82) is 0 Å². The zero-order chi connectivity index (χ0) is 56.0. The number of halogens is 2. The summed E-state index contributed by atoms with van der Waals surface area (Å²) in [6.45, 7) is 7.20. The van der Waals surface area contributed by atoms with Crippen molar-refractivity contribution < 1.29 is 71.4 Å². The maximum Gasteiger partial charge on any atom is 0.407 e. The molecule has 79 heavy (non-hydrogen) atoms. The molecule has 6 fully saturated rings. The summed E-state index contributed by atoms with van der Waals surface area (Å²) in [7, 11) is 0. The Morgan fingerprint density at radius 3 is 2.22 bits per heavy atom. The predicted molar refractivity (Wildman–Crippen MR) is 281 cm³/mol. The van der Waals surface area contributed by atoms with Crippen molar-refractivity contribution in [3.05, 3.63) is 113 Å². The topological polar surface area (TPSA) is 225 Å². The lowest BCUT2D eigenvalue weighted by Crippen LogP contribution is -2.70. The predicted octanol–water partition coefficient (Wildman–Crippen LogP) is 7.28. The number of rotatable bonds is 15. The fraction of sp³-hybridized carbons (Fsp3) is 0.541. The number of aliphatic hydroxyl groups is 2. The van der Waals surface area contributed by atoms with E-state index in [2.05, 4.69) is 16.0 Å². The van der Waals surface area contributed by atoms with Gasteiger partial charge in [0, 0.05) is 40.7 Å². The highest BCUT2D eigenvalue weighted by atomic mass is 19.1. The number of nitrogens with one attached hydrogen (secondary N) is 3. The van der Waals surface area contributed by atoms with Crippen molar-refractivity contribution in [2.24, 2.45) is 28.1 Å². The van der Waals surface area contributed by atoms with Crippen LogP contribution >= 0.6 is 0 Å². The molecule has 16 nitrogen and oxygen atoms in total. The SMILES string of the molecule is CC(C)(C)OC(=O)CC[C@H](NC(=O)CNC(=O)OCC1c2ccccc2-c2ccccc21)C(=O)NC1CC2(C1)CC(Oc1ccc([C@@H]3O[C@@H]4C[C@H]5[C@@H]6C[C@H](F)C7=CC(=O)C=C[C@]7(C)[C@@]6(F)[C@@H](O)C[C@]5(C)[C@]4(C(=O)CO)O3)cc1)C2. The molecule has 0 radical (unpaired) electrons. The number of alkyl halides is 2. The lowest BCUT2D eigenvalue weighted by molar-refractivity contribution is -0.235. The smallest absolute Gasteiger partial charge is 0.407 e. The molecule has 1 saturated heterocycles. The van der Waals surface area contributed by atoms with Gasteiger partial charge in [-0.1, -0.05) is 73.7 Å². The van der Waals surface area contributed by atoms with Gasteiger partial charge in [0.1, 0.15) is 43.3 Å². The van der Waals surface area contributed by atoms with E-state index < -0.39 is 119 Å². The summed E-state index contributed by atoms with van der Waals surface area (Å²) in [6.07, 6.45) is -0.171. The Bertz CT molecular complexity index is 2970. The largest absolute Gasteiger partial charge is 0.490 e. The van der Waals surface area contributed by atoms with Crippen molar-refractivity contribution in [2.75, 3.05) is 19.8 Å². The van der Waals surface area contributed by atoms with Crippen LogP contribution in [0, 0.1) is 28.1 Å². The van der Waals surface area contributed by atoms with Gasteiger partial charge in [0.2, 0.25) is 11.8 Å². The molecule has 5 saturated carbocycles. The Balaban J connectivity index is 0.665. The van der Waals surface area contributed by atoms with E-state index >= 15 is 8.78 Å². The minimum atomic E-state index is -2.36. The van der Waals surface area contributed by atoms with Crippen LogP contribution in [0.1, 0.15) is 121 Å². The molecule has 18 heteroatoms. The average molecular weight is 1090 g/mol. The van der Waals surface area contributed by atoms with Crippen LogP contribution in [0.3, 0.4) is 0 Å². The van der Waals surface area contributed by atoms with E-state index in [1.165, 1.54) is 19.1 Å². The van der Waals surface area contributed by atoms with Gasteiger partial charge >= 0.3 is 12.1 Å². The molecule has 3 aromatic carbocycles. The third-order valence-electron chi connectivity index (χ3n) is 18.9. The van der Waals surface area contributed by atoms with Gasteiger partial charge in [-0.05, 0) is 143 Å². The maximum absolute atomic E-state index is 17.8. The number of hydrogen-bond acceptors (Lipinski definition) is 13. The highest BCUT2D eigenvalue weighted by Gasteiger charge is 2.80. The fourth-order valence-electron chi connectivity index (χ4n) is 15.3. The third kappa shape index (κ3) is 9.27. The van der Waals surface area contributed by atoms with Gasteiger partial charge in [-0.15, -0.1) is 0 Å². The number of Topliss-reactive ketones (excluding diaryl/α,β-unsaturated/α-hetero) is 1. The molecule has 0 aromatic heterocycles. The minimum Gasteiger partial charge on any atom is -0.490 e. The molecular formula is C61H69F2N3O13. The standard InChI is InChI=1S/C61H69F2N3O13/c1-56(2,3)78-52(72)19-18-47(66-51(71)30-64-55(74)75-32-42-40-12-8-6-10-38(40)39-11-7-9-13-41(39)42)53(73)65-34-25-59(26-34)27-37(28-59)76-36-16-14-33(15-17-36)54-77-50-24-43-44-23-46(62)45-22-35(68)20-21-57(45,4)60(44,63)48(69)29-58(43,5)61(50,79-54)49(70)31-67/h6-17,20-22,34,37,42-44,46-48,50,54,67,69H,18-19,23-32H2,1-5H3,(H,64,74)(H,65,73)(H,66,71)/t34?,37?,43-,44-,46-,47-,48-,50+,54+,57-,58-,59?,60-,61+/m0/s1. The first-order valence-corrected chi connectivity index (χ1v) is 27.6. The number of esters is 1. The molecule has 3 aromatic rings. The number of carbonyl (C=O) groups is 6.